The predicted octanol–water partition coefficient (Wildman–Crippen LogP) is 3.70. The standard InChI is InChI=1S/C23H20N4O3/c1-14-11-18(15(2)27(14)19-9-7-16(8-10-19)22(24)28)13-25-26-23(29)21-12-17-5-3-4-6-20(17)30-21/h3-13H,1-2H3,(H2,24,28)(H,26,29)/b25-13+. The van der Waals surface area contributed by atoms with Crippen LogP contribution in [0.3, 0.4) is 0 Å². The van der Waals surface area contributed by atoms with Crippen molar-refractivity contribution >= 4 is 29.0 Å². The van der Waals surface area contributed by atoms with Gasteiger partial charge in [0.1, 0.15) is 5.58 Å². The second-order valence-electron chi connectivity index (χ2n) is 6.92. The molecule has 30 heavy (non-hydrogen) atoms. The highest BCUT2D eigenvalue weighted by Gasteiger charge is 2.12. The van der Waals surface area contributed by atoms with Crippen LogP contribution < -0.4 is 11.2 Å². The molecule has 3 N–H and O–H groups in total. The van der Waals surface area contributed by atoms with Crippen LogP contribution in [-0.2, 0) is 0 Å². The van der Waals surface area contributed by atoms with Crippen molar-refractivity contribution < 1.29 is 14.0 Å². The lowest BCUT2D eigenvalue weighted by molar-refractivity contribution is 0.0929. The van der Waals surface area contributed by atoms with Crippen LogP contribution in [0, 0.1) is 13.8 Å². The Bertz CT molecular complexity index is 1250. The summed E-state index contributed by atoms with van der Waals surface area (Å²) < 4.78 is 7.58. The second-order valence-corrected chi connectivity index (χ2v) is 6.92. The number of benzene rings is 2. The van der Waals surface area contributed by atoms with E-state index in [1.807, 2.05) is 54.8 Å². The van der Waals surface area contributed by atoms with Gasteiger partial charge in [-0.1, -0.05) is 18.2 Å². The number of para-hydroxylation sites is 1. The van der Waals surface area contributed by atoms with Gasteiger partial charge in [-0.2, -0.15) is 5.10 Å². The maximum absolute atomic E-state index is 12.3. The number of nitrogens with zero attached hydrogens (tertiary/aromatic N) is 2. The van der Waals surface area contributed by atoms with Crippen LogP contribution in [0.1, 0.15) is 37.9 Å². The Morgan fingerprint density at radius 3 is 2.50 bits per heavy atom. The molecule has 0 aliphatic rings. The quantitative estimate of drug-likeness (QED) is 0.394. The van der Waals surface area contributed by atoms with Crippen LogP contribution in [0.25, 0.3) is 16.7 Å². The minimum Gasteiger partial charge on any atom is -0.451 e. The Kier molecular flexibility index (Phi) is 4.93. The topological polar surface area (TPSA) is 103 Å². The summed E-state index contributed by atoms with van der Waals surface area (Å²) in [6.45, 7) is 3.93. The first-order chi connectivity index (χ1) is 14.4. The molecule has 0 aliphatic heterocycles. The number of hydrogen-bond acceptors (Lipinski definition) is 4. The van der Waals surface area contributed by atoms with Gasteiger partial charge in [0, 0.05) is 33.6 Å². The fraction of sp³-hybridized carbons (Fsp3) is 0.0870. The van der Waals surface area contributed by atoms with Crippen molar-refractivity contribution in [2.24, 2.45) is 10.8 Å². The zero-order valence-corrected chi connectivity index (χ0v) is 16.5. The maximum Gasteiger partial charge on any atom is 0.307 e. The third-order valence-corrected chi connectivity index (χ3v) is 4.90. The average molecular weight is 400 g/mol. The Morgan fingerprint density at radius 2 is 1.80 bits per heavy atom. The lowest BCUT2D eigenvalue weighted by atomic mass is 10.2. The van der Waals surface area contributed by atoms with Gasteiger partial charge < -0.3 is 14.7 Å². The molecule has 4 aromatic rings. The van der Waals surface area contributed by atoms with E-state index in [-0.39, 0.29) is 5.76 Å². The summed E-state index contributed by atoms with van der Waals surface area (Å²) in [6, 6.07) is 18.1. The van der Waals surface area contributed by atoms with Crippen molar-refractivity contribution in [2.75, 3.05) is 0 Å². The number of amides is 2. The molecule has 0 aliphatic carbocycles. The summed E-state index contributed by atoms with van der Waals surface area (Å²) in [6.07, 6.45) is 1.59. The first kappa shape index (κ1) is 19.2. The van der Waals surface area contributed by atoms with Gasteiger partial charge in [0.2, 0.25) is 5.91 Å². The van der Waals surface area contributed by atoms with Crippen molar-refractivity contribution in [3.63, 3.8) is 0 Å². The van der Waals surface area contributed by atoms with Gasteiger partial charge in [-0.3, -0.25) is 9.59 Å². The minimum atomic E-state index is -0.462. The Balaban J connectivity index is 1.52. The number of carbonyl (C=O) groups excluding carboxylic acids is 2. The molecule has 0 saturated carbocycles. The molecule has 0 unspecified atom stereocenters. The monoisotopic (exact) mass is 400 g/mol. The number of carbonyl (C=O) groups is 2. The molecule has 2 aromatic heterocycles. The van der Waals surface area contributed by atoms with E-state index in [9.17, 15) is 9.59 Å². The normalized spacial score (nSPS) is 11.3. The largest absolute Gasteiger partial charge is 0.451 e. The molecule has 4 rings (SSSR count). The molecule has 0 spiro atoms. The van der Waals surface area contributed by atoms with Crippen molar-refractivity contribution in [1.82, 2.24) is 9.99 Å². The number of nitrogens with one attached hydrogen (secondary N) is 1. The summed E-state index contributed by atoms with van der Waals surface area (Å²) in [7, 11) is 0. The average Bonchev–Trinajstić information content (AvgIpc) is 3.29. The molecule has 7 heteroatoms. The molecule has 0 radical (unpaired) electrons. The van der Waals surface area contributed by atoms with Gasteiger partial charge in [0.15, 0.2) is 5.76 Å². The Morgan fingerprint density at radius 1 is 1.07 bits per heavy atom. The number of nitrogens with two attached hydrogens (primary N) is 1. The van der Waals surface area contributed by atoms with Crippen molar-refractivity contribution in [3.8, 4) is 5.69 Å². The Labute approximate surface area is 172 Å². The van der Waals surface area contributed by atoms with Gasteiger partial charge in [-0.05, 0) is 56.3 Å². The molecule has 2 heterocycles. The van der Waals surface area contributed by atoms with E-state index in [0.717, 1.165) is 28.0 Å². The number of aromatic nitrogens is 1. The van der Waals surface area contributed by atoms with E-state index in [1.165, 1.54) is 0 Å². The SMILES string of the molecule is Cc1cc(/C=N/NC(=O)c2cc3ccccc3o2)c(C)n1-c1ccc(C(N)=O)cc1. The van der Waals surface area contributed by atoms with E-state index >= 15 is 0 Å². The molecule has 2 amide bonds. The van der Waals surface area contributed by atoms with Crippen LogP contribution in [0.2, 0.25) is 0 Å². The van der Waals surface area contributed by atoms with Gasteiger partial charge in [-0.25, -0.2) is 5.43 Å². The molecule has 150 valence electrons. The van der Waals surface area contributed by atoms with E-state index in [0.29, 0.717) is 11.1 Å². The maximum atomic E-state index is 12.3. The smallest absolute Gasteiger partial charge is 0.307 e. The van der Waals surface area contributed by atoms with Gasteiger partial charge in [0.25, 0.3) is 0 Å². The minimum absolute atomic E-state index is 0.202. The molecule has 0 fully saturated rings. The number of aryl methyl sites for hydroxylation is 1. The van der Waals surface area contributed by atoms with Gasteiger partial charge in [0.05, 0.1) is 6.21 Å². The van der Waals surface area contributed by atoms with E-state index in [2.05, 4.69) is 10.5 Å². The second kappa shape index (κ2) is 7.71. The molecule has 7 nitrogen and oxygen atoms in total. The molecular formula is C23H20N4O3. The van der Waals surface area contributed by atoms with E-state index < -0.39 is 11.8 Å². The highest BCUT2D eigenvalue weighted by atomic mass is 16.3. The first-order valence-corrected chi connectivity index (χ1v) is 9.35. The first-order valence-electron chi connectivity index (χ1n) is 9.35. The summed E-state index contributed by atoms with van der Waals surface area (Å²) in [4.78, 5) is 23.6. The number of primary amides is 1. The third kappa shape index (κ3) is 3.60. The van der Waals surface area contributed by atoms with Gasteiger partial charge in [-0.15, -0.1) is 0 Å². The van der Waals surface area contributed by atoms with Crippen LogP contribution in [0.4, 0.5) is 0 Å². The molecular weight excluding hydrogens is 380 g/mol. The fourth-order valence-electron chi connectivity index (χ4n) is 3.40. The third-order valence-electron chi connectivity index (χ3n) is 4.90. The summed E-state index contributed by atoms with van der Waals surface area (Å²) in [5, 5.41) is 4.93. The van der Waals surface area contributed by atoms with Crippen molar-refractivity contribution in [2.45, 2.75) is 13.8 Å². The molecule has 0 saturated heterocycles. The lowest BCUT2D eigenvalue weighted by Gasteiger charge is -2.10. The summed E-state index contributed by atoms with van der Waals surface area (Å²) in [5.74, 6) is -0.679. The predicted molar refractivity (Wildman–Crippen MR) is 115 cm³/mol. The van der Waals surface area contributed by atoms with Crippen LogP contribution in [-0.4, -0.2) is 22.6 Å². The number of hydrogen-bond donors (Lipinski definition) is 2. The number of rotatable bonds is 5. The van der Waals surface area contributed by atoms with Crippen molar-refractivity contribution in [3.05, 3.63) is 88.9 Å². The summed E-state index contributed by atoms with van der Waals surface area (Å²) >= 11 is 0. The van der Waals surface area contributed by atoms with Crippen molar-refractivity contribution in [1.29, 1.82) is 0 Å². The van der Waals surface area contributed by atoms with E-state index in [1.54, 1.807) is 30.5 Å². The molecule has 0 bridgehead atoms. The molecule has 2 aromatic carbocycles. The zero-order valence-electron chi connectivity index (χ0n) is 16.5. The van der Waals surface area contributed by atoms with Crippen LogP contribution in [0.15, 0.2) is 70.2 Å². The molecule has 0 atom stereocenters. The van der Waals surface area contributed by atoms with Gasteiger partial charge >= 0.3 is 5.91 Å². The van der Waals surface area contributed by atoms with E-state index in [4.69, 9.17) is 10.2 Å². The fourth-order valence-corrected chi connectivity index (χ4v) is 3.40. The van der Waals surface area contributed by atoms with Crippen LogP contribution >= 0.6 is 0 Å². The number of hydrazone groups is 1. The number of fused-ring (bicyclic) bond motifs is 1. The Hall–Kier alpha value is -4.13. The lowest BCUT2D eigenvalue weighted by Crippen LogP contribution is -2.16. The summed E-state index contributed by atoms with van der Waals surface area (Å²) in [5.41, 5.74) is 12.6. The zero-order chi connectivity index (χ0) is 21.3. The number of furan rings is 1. The van der Waals surface area contributed by atoms with Crippen LogP contribution in [0.5, 0.6) is 0 Å². The highest BCUT2D eigenvalue weighted by Crippen LogP contribution is 2.21. The highest BCUT2D eigenvalue weighted by molar-refractivity contribution is 5.96.